The van der Waals surface area contributed by atoms with Crippen molar-refractivity contribution >= 4 is 17.5 Å². The van der Waals surface area contributed by atoms with Gasteiger partial charge in [0.1, 0.15) is 0 Å². The standard InChI is InChI=1S/C13H14ClNO/c14-11-3-1-2-9(4-11)5-13-6-10(7-13)12(16)15-8-13/h1-4,10H,5-8H2,(H,15,16). The molecule has 0 spiro atoms. The van der Waals surface area contributed by atoms with Crippen LogP contribution in [0.1, 0.15) is 18.4 Å². The number of amides is 1. The third-order valence-corrected chi connectivity index (χ3v) is 4.07. The maximum atomic E-state index is 11.3. The number of hydrogen-bond donors (Lipinski definition) is 1. The fourth-order valence-corrected chi connectivity index (χ4v) is 3.23. The van der Waals surface area contributed by atoms with E-state index in [0.29, 0.717) is 5.41 Å². The van der Waals surface area contributed by atoms with E-state index >= 15 is 0 Å². The molecule has 2 aliphatic heterocycles. The molecule has 3 fully saturated rings. The fraction of sp³-hybridized carbons (Fsp3) is 0.462. The summed E-state index contributed by atoms with van der Waals surface area (Å²) in [6.07, 6.45) is 3.13. The van der Waals surface area contributed by atoms with Crippen molar-refractivity contribution in [3.8, 4) is 0 Å². The smallest absolute Gasteiger partial charge is 0.223 e. The molecule has 1 amide bonds. The van der Waals surface area contributed by atoms with Crippen LogP contribution in [0.4, 0.5) is 0 Å². The largest absolute Gasteiger partial charge is 0.355 e. The zero-order valence-corrected chi connectivity index (χ0v) is 9.76. The molecule has 0 aromatic heterocycles. The van der Waals surface area contributed by atoms with Gasteiger partial charge in [0.15, 0.2) is 0 Å². The molecule has 1 N–H and O–H groups in total. The molecule has 4 rings (SSSR count). The SMILES string of the molecule is O=C1NCC2(Cc3cccc(Cl)c3)CC1C2. The Balaban J connectivity index is 1.75. The lowest BCUT2D eigenvalue weighted by Crippen LogP contribution is -2.58. The Labute approximate surface area is 100.0 Å². The maximum Gasteiger partial charge on any atom is 0.223 e. The molecule has 0 unspecified atom stereocenters. The minimum absolute atomic E-state index is 0.243. The molecule has 2 bridgehead atoms. The summed E-state index contributed by atoms with van der Waals surface area (Å²) in [5.74, 6) is 0.515. The summed E-state index contributed by atoms with van der Waals surface area (Å²) in [5.41, 5.74) is 1.59. The second-order valence-corrected chi connectivity index (χ2v) is 5.57. The Kier molecular flexibility index (Phi) is 2.21. The third-order valence-electron chi connectivity index (χ3n) is 3.84. The number of carbonyl (C=O) groups excluding carboxylic acids is 1. The van der Waals surface area contributed by atoms with Crippen LogP contribution in [-0.4, -0.2) is 12.5 Å². The lowest BCUT2D eigenvalue weighted by atomic mass is 9.57. The average molecular weight is 236 g/mol. The first-order valence-electron chi connectivity index (χ1n) is 5.69. The van der Waals surface area contributed by atoms with Crippen molar-refractivity contribution in [2.24, 2.45) is 11.3 Å². The van der Waals surface area contributed by atoms with Gasteiger partial charge in [-0.15, -0.1) is 0 Å². The van der Waals surface area contributed by atoms with Crippen LogP contribution in [0.15, 0.2) is 24.3 Å². The van der Waals surface area contributed by atoms with Gasteiger partial charge in [0.05, 0.1) is 0 Å². The first kappa shape index (κ1) is 10.2. The monoisotopic (exact) mass is 235 g/mol. The Bertz CT molecular complexity index is 432. The minimum atomic E-state index is 0.243. The maximum absolute atomic E-state index is 11.3. The summed E-state index contributed by atoms with van der Waals surface area (Å²) in [5, 5.41) is 3.78. The van der Waals surface area contributed by atoms with Crippen molar-refractivity contribution in [3.63, 3.8) is 0 Å². The summed E-state index contributed by atoms with van der Waals surface area (Å²) in [6, 6.07) is 8.03. The van der Waals surface area contributed by atoms with Crippen LogP contribution >= 0.6 is 11.6 Å². The fourth-order valence-electron chi connectivity index (χ4n) is 3.02. The van der Waals surface area contributed by atoms with Gasteiger partial charge in [-0.3, -0.25) is 4.79 Å². The summed E-state index contributed by atoms with van der Waals surface area (Å²) in [4.78, 5) is 11.3. The number of fused-ring (bicyclic) bond motifs is 2. The molecule has 2 saturated heterocycles. The van der Waals surface area contributed by atoms with Crippen LogP contribution in [0.3, 0.4) is 0 Å². The van der Waals surface area contributed by atoms with Crippen LogP contribution in [0, 0.1) is 11.3 Å². The Morgan fingerprint density at radius 2 is 2.25 bits per heavy atom. The Morgan fingerprint density at radius 1 is 1.44 bits per heavy atom. The van der Waals surface area contributed by atoms with E-state index in [4.69, 9.17) is 11.6 Å². The highest BCUT2D eigenvalue weighted by Gasteiger charge is 2.51. The number of hydrogen-bond acceptors (Lipinski definition) is 1. The van der Waals surface area contributed by atoms with Crippen molar-refractivity contribution in [1.82, 2.24) is 5.32 Å². The normalized spacial score (nSPS) is 31.8. The van der Waals surface area contributed by atoms with E-state index in [2.05, 4.69) is 11.4 Å². The quantitative estimate of drug-likeness (QED) is 0.838. The van der Waals surface area contributed by atoms with Crippen LogP contribution < -0.4 is 5.32 Å². The zero-order valence-electron chi connectivity index (χ0n) is 9.00. The van der Waals surface area contributed by atoms with Gasteiger partial charge in [0.2, 0.25) is 5.91 Å². The predicted octanol–water partition coefficient (Wildman–Crippen LogP) is 2.41. The summed E-state index contributed by atoms with van der Waals surface area (Å²) < 4.78 is 0. The number of piperidine rings is 2. The predicted molar refractivity (Wildman–Crippen MR) is 63.3 cm³/mol. The number of rotatable bonds is 2. The molecular weight excluding hydrogens is 222 g/mol. The highest BCUT2D eigenvalue weighted by atomic mass is 35.5. The molecule has 0 atom stereocenters. The van der Waals surface area contributed by atoms with Crippen molar-refractivity contribution in [2.75, 3.05) is 6.54 Å². The van der Waals surface area contributed by atoms with Crippen LogP contribution in [-0.2, 0) is 11.2 Å². The van der Waals surface area contributed by atoms with Gasteiger partial charge >= 0.3 is 0 Å². The lowest BCUT2D eigenvalue weighted by Gasteiger charge is -2.51. The van der Waals surface area contributed by atoms with Crippen molar-refractivity contribution in [1.29, 1.82) is 0 Å². The molecule has 84 valence electrons. The van der Waals surface area contributed by atoms with E-state index in [9.17, 15) is 4.79 Å². The molecule has 0 radical (unpaired) electrons. The molecular formula is C13H14ClNO. The summed E-state index contributed by atoms with van der Waals surface area (Å²) >= 11 is 5.97. The van der Waals surface area contributed by atoms with Gasteiger partial charge in [-0.2, -0.15) is 0 Å². The molecule has 2 nitrogen and oxygen atoms in total. The number of halogens is 1. The lowest BCUT2D eigenvalue weighted by molar-refractivity contribution is -0.140. The molecule has 1 aromatic carbocycles. The second kappa shape index (κ2) is 3.49. The molecule has 16 heavy (non-hydrogen) atoms. The molecule has 2 heterocycles. The Morgan fingerprint density at radius 3 is 2.88 bits per heavy atom. The minimum Gasteiger partial charge on any atom is -0.355 e. The van der Waals surface area contributed by atoms with E-state index in [1.165, 1.54) is 5.56 Å². The third kappa shape index (κ3) is 1.61. The summed E-state index contributed by atoms with van der Waals surface area (Å²) in [7, 11) is 0. The van der Waals surface area contributed by atoms with Crippen molar-refractivity contribution < 1.29 is 4.79 Å². The van der Waals surface area contributed by atoms with Gasteiger partial charge in [0.25, 0.3) is 0 Å². The topological polar surface area (TPSA) is 29.1 Å². The molecule has 1 aliphatic carbocycles. The highest BCUT2D eigenvalue weighted by molar-refractivity contribution is 6.30. The van der Waals surface area contributed by atoms with E-state index in [1.807, 2.05) is 18.2 Å². The van der Waals surface area contributed by atoms with E-state index in [0.717, 1.165) is 30.8 Å². The first-order valence-corrected chi connectivity index (χ1v) is 6.07. The molecule has 1 saturated carbocycles. The first-order chi connectivity index (χ1) is 7.67. The number of carbonyl (C=O) groups is 1. The van der Waals surface area contributed by atoms with Crippen LogP contribution in [0.5, 0.6) is 0 Å². The molecule has 3 heteroatoms. The van der Waals surface area contributed by atoms with Crippen molar-refractivity contribution in [3.05, 3.63) is 34.9 Å². The van der Waals surface area contributed by atoms with Gasteiger partial charge in [0, 0.05) is 17.5 Å². The van der Waals surface area contributed by atoms with E-state index < -0.39 is 0 Å². The van der Waals surface area contributed by atoms with Crippen molar-refractivity contribution in [2.45, 2.75) is 19.3 Å². The summed E-state index contributed by atoms with van der Waals surface area (Å²) in [6.45, 7) is 0.828. The zero-order chi connectivity index (χ0) is 11.2. The number of benzene rings is 1. The van der Waals surface area contributed by atoms with E-state index in [1.54, 1.807) is 0 Å². The Hall–Kier alpha value is -1.02. The molecule has 1 aromatic rings. The van der Waals surface area contributed by atoms with Crippen LogP contribution in [0.2, 0.25) is 5.02 Å². The van der Waals surface area contributed by atoms with Crippen LogP contribution in [0.25, 0.3) is 0 Å². The van der Waals surface area contributed by atoms with Gasteiger partial charge in [-0.1, -0.05) is 23.7 Å². The molecule has 3 aliphatic rings. The van der Waals surface area contributed by atoms with Gasteiger partial charge < -0.3 is 5.32 Å². The van der Waals surface area contributed by atoms with Gasteiger partial charge in [-0.25, -0.2) is 0 Å². The average Bonchev–Trinajstić information content (AvgIpc) is 2.19. The van der Waals surface area contributed by atoms with Gasteiger partial charge in [-0.05, 0) is 42.4 Å². The number of nitrogens with one attached hydrogen (secondary N) is 1. The van der Waals surface area contributed by atoms with E-state index in [-0.39, 0.29) is 11.8 Å². The highest BCUT2D eigenvalue weighted by Crippen LogP contribution is 2.50. The second-order valence-electron chi connectivity index (χ2n) is 5.13.